The van der Waals surface area contributed by atoms with Crippen LogP contribution in [0.15, 0.2) is 77.5 Å². The van der Waals surface area contributed by atoms with Crippen molar-refractivity contribution in [2.24, 2.45) is 7.05 Å². The summed E-state index contributed by atoms with van der Waals surface area (Å²) in [6, 6.07) is 20.2. The number of aromatic nitrogens is 2. The first-order valence-electron chi connectivity index (χ1n) is 10.3. The van der Waals surface area contributed by atoms with Crippen LogP contribution in [-0.4, -0.2) is 28.7 Å². The van der Waals surface area contributed by atoms with Gasteiger partial charge in [-0.05, 0) is 24.6 Å². The number of furan rings is 1. The van der Waals surface area contributed by atoms with Crippen molar-refractivity contribution >= 4 is 17.9 Å². The van der Waals surface area contributed by atoms with Crippen molar-refractivity contribution in [2.75, 3.05) is 12.4 Å². The van der Waals surface area contributed by atoms with Crippen molar-refractivity contribution in [3.8, 4) is 22.6 Å². The third-order valence-corrected chi connectivity index (χ3v) is 5.15. The molecule has 2 heterocycles. The van der Waals surface area contributed by atoms with E-state index in [0.29, 0.717) is 17.3 Å². The van der Waals surface area contributed by atoms with Crippen LogP contribution in [0.1, 0.15) is 29.1 Å². The molecule has 0 aliphatic rings. The molecule has 0 bridgehead atoms. The number of anilines is 1. The topological polar surface area (TPSA) is 95.6 Å². The highest BCUT2D eigenvalue weighted by Gasteiger charge is 2.18. The highest BCUT2D eigenvalue weighted by molar-refractivity contribution is 5.89. The lowest BCUT2D eigenvalue weighted by Crippen LogP contribution is -2.18. The van der Waals surface area contributed by atoms with Crippen molar-refractivity contribution in [3.63, 3.8) is 0 Å². The molecule has 4 aromatic rings. The van der Waals surface area contributed by atoms with Gasteiger partial charge >= 0.3 is 12.1 Å². The van der Waals surface area contributed by atoms with Crippen LogP contribution >= 0.6 is 0 Å². The van der Waals surface area contributed by atoms with E-state index >= 15 is 0 Å². The predicted octanol–water partition coefficient (Wildman–Crippen LogP) is 5.44. The summed E-state index contributed by atoms with van der Waals surface area (Å²) in [6.45, 7) is 1.82. The number of nitrogens with zero attached hydrogens (tertiary/aromatic N) is 2. The van der Waals surface area contributed by atoms with Crippen LogP contribution in [0.5, 0.6) is 0 Å². The van der Waals surface area contributed by atoms with Gasteiger partial charge in [-0.25, -0.2) is 14.6 Å². The smallest absolute Gasteiger partial charge is 0.413 e. The van der Waals surface area contributed by atoms with Gasteiger partial charge in [-0.3, -0.25) is 5.32 Å². The summed E-state index contributed by atoms with van der Waals surface area (Å²) >= 11 is 0. The van der Waals surface area contributed by atoms with Gasteiger partial charge in [-0.15, -0.1) is 0 Å². The summed E-state index contributed by atoms with van der Waals surface area (Å²) in [4.78, 5) is 28.6. The van der Waals surface area contributed by atoms with E-state index < -0.39 is 18.2 Å². The molecule has 0 spiro atoms. The molecule has 1 atom stereocenters. The maximum absolute atomic E-state index is 12.5. The van der Waals surface area contributed by atoms with Crippen molar-refractivity contribution in [3.05, 3.63) is 84.4 Å². The molecule has 33 heavy (non-hydrogen) atoms. The van der Waals surface area contributed by atoms with Gasteiger partial charge < -0.3 is 18.5 Å². The zero-order valence-corrected chi connectivity index (χ0v) is 18.4. The second-order valence-electron chi connectivity index (χ2n) is 7.37. The van der Waals surface area contributed by atoms with Gasteiger partial charge in [0.15, 0.2) is 0 Å². The number of nitrogens with one attached hydrogen (secondary N) is 1. The third-order valence-electron chi connectivity index (χ3n) is 5.15. The van der Waals surface area contributed by atoms with E-state index in [1.54, 1.807) is 30.1 Å². The standard InChI is InChI=1S/C25H23N3O5/c1-16(17-7-5-4-6-8-17)32-25(30)27-23-22(26-15-28(23)2)19-11-9-18(10-12-19)20-13-14-21(33-20)24(29)31-3/h4-16H,1-3H3,(H,27,30). The lowest BCUT2D eigenvalue weighted by molar-refractivity contribution is 0.0566. The van der Waals surface area contributed by atoms with Crippen LogP contribution in [-0.2, 0) is 16.5 Å². The minimum Gasteiger partial charge on any atom is -0.463 e. The normalized spacial score (nSPS) is 11.6. The SMILES string of the molecule is COC(=O)c1ccc(-c2ccc(-c3ncn(C)c3NC(=O)OC(C)c3ccccc3)cc2)o1. The van der Waals surface area contributed by atoms with E-state index in [4.69, 9.17) is 9.15 Å². The first kappa shape index (κ1) is 21.9. The predicted molar refractivity (Wildman–Crippen MR) is 123 cm³/mol. The van der Waals surface area contributed by atoms with Crippen LogP contribution in [0, 0.1) is 0 Å². The number of ether oxygens (including phenoxy) is 2. The highest BCUT2D eigenvalue weighted by Crippen LogP contribution is 2.30. The summed E-state index contributed by atoms with van der Waals surface area (Å²) in [7, 11) is 3.09. The number of aryl methyl sites for hydroxylation is 1. The average Bonchev–Trinajstić information content (AvgIpc) is 3.47. The fraction of sp³-hybridized carbons (Fsp3) is 0.160. The fourth-order valence-corrected chi connectivity index (χ4v) is 3.36. The third kappa shape index (κ3) is 4.79. The van der Waals surface area contributed by atoms with E-state index in [1.165, 1.54) is 7.11 Å². The van der Waals surface area contributed by atoms with Gasteiger partial charge in [0.2, 0.25) is 5.76 Å². The number of carbonyl (C=O) groups excluding carboxylic acids is 2. The molecule has 0 fully saturated rings. The number of esters is 1. The Hall–Kier alpha value is -4.33. The molecule has 8 heteroatoms. The Balaban J connectivity index is 1.50. The number of amides is 1. The number of methoxy groups -OCH3 is 1. The number of benzene rings is 2. The average molecular weight is 445 g/mol. The molecule has 4 rings (SSSR count). The van der Waals surface area contributed by atoms with Gasteiger partial charge in [0.05, 0.1) is 13.4 Å². The van der Waals surface area contributed by atoms with Gasteiger partial charge in [-0.2, -0.15) is 0 Å². The number of rotatable bonds is 6. The Kier molecular flexibility index (Phi) is 6.26. The summed E-state index contributed by atoms with van der Waals surface area (Å²) in [5, 5.41) is 2.80. The van der Waals surface area contributed by atoms with Gasteiger partial charge in [-0.1, -0.05) is 54.6 Å². The molecule has 8 nitrogen and oxygen atoms in total. The first-order chi connectivity index (χ1) is 16.0. The molecule has 0 saturated heterocycles. The molecular weight excluding hydrogens is 422 g/mol. The van der Waals surface area contributed by atoms with Crippen molar-refractivity contribution in [1.82, 2.24) is 9.55 Å². The zero-order chi connectivity index (χ0) is 23.4. The minimum atomic E-state index is -0.571. The van der Waals surface area contributed by atoms with Crippen LogP contribution in [0.25, 0.3) is 22.6 Å². The summed E-state index contributed by atoms with van der Waals surface area (Å²) in [6.07, 6.45) is 0.651. The Morgan fingerprint density at radius 2 is 1.70 bits per heavy atom. The largest absolute Gasteiger partial charge is 0.463 e. The number of carbonyl (C=O) groups is 2. The number of imidazole rings is 1. The molecule has 0 radical (unpaired) electrons. The zero-order valence-electron chi connectivity index (χ0n) is 18.4. The lowest BCUT2D eigenvalue weighted by Gasteiger charge is -2.15. The Morgan fingerprint density at radius 3 is 2.39 bits per heavy atom. The fourth-order valence-electron chi connectivity index (χ4n) is 3.36. The van der Waals surface area contributed by atoms with Crippen molar-refractivity contribution in [1.29, 1.82) is 0 Å². The quantitative estimate of drug-likeness (QED) is 0.397. The van der Waals surface area contributed by atoms with E-state index in [2.05, 4.69) is 15.0 Å². The van der Waals surface area contributed by atoms with Gasteiger partial charge in [0, 0.05) is 18.2 Å². The summed E-state index contributed by atoms with van der Waals surface area (Å²) in [5.74, 6) is 0.658. The number of hydrogen-bond donors (Lipinski definition) is 1. The maximum Gasteiger partial charge on any atom is 0.413 e. The number of hydrogen-bond acceptors (Lipinski definition) is 6. The second kappa shape index (κ2) is 9.44. The van der Waals surface area contributed by atoms with E-state index in [0.717, 1.165) is 16.7 Å². The minimum absolute atomic E-state index is 0.135. The molecule has 1 unspecified atom stereocenters. The van der Waals surface area contributed by atoms with Gasteiger partial charge in [0.25, 0.3) is 0 Å². The van der Waals surface area contributed by atoms with Crippen molar-refractivity contribution in [2.45, 2.75) is 13.0 Å². The maximum atomic E-state index is 12.5. The second-order valence-corrected chi connectivity index (χ2v) is 7.37. The van der Waals surface area contributed by atoms with E-state index in [9.17, 15) is 9.59 Å². The van der Waals surface area contributed by atoms with Crippen molar-refractivity contribution < 1.29 is 23.5 Å². The monoisotopic (exact) mass is 445 g/mol. The molecule has 1 amide bonds. The Bertz CT molecular complexity index is 1260. The molecule has 2 aromatic heterocycles. The van der Waals surface area contributed by atoms with Crippen LogP contribution in [0.2, 0.25) is 0 Å². The molecule has 0 aliphatic heterocycles. The Labute approximate surface area is 190 Å². The molecule has 0 aliphatic carbocycles. The summed E-state index contributed by atoms with van der Waals surface area (Å²) in [5.41, 5.74) is 3.09. The van der Waals surface area contributed by atoms with Crippen LogP contribution < -0.4 is 5.32 Å². The molecule has 1 N–H and O–H groups in total. The van der Waals surface area contributed by atoms with Crippen LogP contribution in [0.4, 0.5) is 10.6 Å². The Morgan fingerprint density at radius 1 is 1.00 bits per heavy atom. The van der Waals surface area contributed by atoms with E-state index in [1.807, 2.05) is 61.5 Å². The molecular formula is C25H23N3O5. The molecule has 0 saturated carbocycles. The molecule has 168 valence electrons. The first-order valence-corrected chi connectivity index (χ1v) is 10.3. The lowest BCUT2D eigenvalue weighted by atomic mass is 10.1. The highest BCUT2D eigenvalue weighted by atomic mass is 16.6. The molecule has 2 aromatic carbocycles. The van der Waals surface area contributed by atoms with E-state index in [-0.39, 0.29) is 5.76 Å². The van der Waals surface area contributed by atoms with Crippen LogP contribution in [0.3, 0.4) is 0 Å². The summed E-state index contributed by atoms with van der Waals surface area (Å²) < 4.78 is 17.5. The van der Waals surface area contributed by atoms with Gasteiger partial charge in [0.1, 0.15) is 23.4 Å².